The van der Waals surface area contributed by atoms with Crippen molar-refractivity contribution in [3.8, 4) is 11.5 Å². The van der Waals surface area contributed by atoms with Crippen molar-refractivity contribution in [2.75, 3.05) is 0 Å². The van der Waals surface area contributed by atoms with Crippen LogP contribution in [0.1, 0.15) is 90.5 Å². The van der Waals surface area contributed by atoms with Gasteiger partial charge in [0.05, 0.1) is 0 Å². The number of allylic oxidation sites excluding steroid dienone is 8. The molecule has 196 valence electrons. The number of aryl methyl sites for hydroxylation is 4. The Hall–Kier alpha value is -2.12. The van der Waals surface area contributed by atoms with E-state index in [0.29, 0.717) is 0 Å². The molecule has 0 spiro atoms. The molecule has 0 saturated heterocycles. The molecule has 3 heteroatoms. The Balaban J connectivity index is 2.01. The van der Waals surface area contributed by atoms with Crippen molar-refractivity contribution in [3.63, 3.8) is 0 Å². The van der Waals surface area contributed by atoms with Crippen LogP contribution in [0.25, 0.3) is 0 Å². The van der Waals surface area contributed by atoms with Crippen molar-refractivity contribution >= 4 is 0 Å². The van der Waals surface area contributed by atoms with Crippen LogP contribution in [0.3, 0.4) is 0 Å². The summed E-state index contributed by atoms with van der Waals surface area (Å²) < 4.78 is 17.8. The zero-order valence-corrected chi connectivity index (χ0v) is 26.6. The molecule has 37 heavy (non-hydrogen) atoms. The van der Waals surface area contributed by atoms with Gasteiger partial charge < -0.3 is 0 Å². The van der Waals surface area contributed by atoms with Crippen molar-refractivity contribution in [2.45, 2.75) is 93.9 Å². The molecule has 2 aliphatic rings. The standard InChI is InChI=1S/2C10H14O.2C7H9.Zr/c2*1-3-8-5-6-9(4-2)10(11)7-8;2*1-6-4-3-5-7(6)2;/h2*5-7,11H,3-4H2,1-2H3;2*3H,4H2,1-2H3;/q;;;;+2/p-2. The van der Waals surface area contributed by atoms with Crippen LogP contribution in [0.15, 0.2) is 77.4 Å². The predicted molar refractivity (Wildman–Crippen MR) is 154 cm³/mol. The molecule has 0 amide bonds. The van der Waals surface area contributed by atoms with Crippen molar-refractivity contribution in [1.82, 2.24) is 0 Å². The minimum atomic E-state index is -4.27. The molecule has 2 aliphatic carbocycles. The molecular weight excluding hydrogens is 532 g/mol. The first-order valence-electron chi connectivity index (χ1n) is 14.1. The van der Waals surface area contributed by atoms with E-state index in [1.165, 1.54) is 51.1 Å². The Kier molecular flexibility index (Phi) is 8.85. The maximum atomic E-state index is 7.53. The predicted octanol–water partition coefficient (Wildman–Crippen LogP) is 9.63. The summed E-state index contributed by atoms with van der Waals surface area (Å²) in [5, 5.41) is 0. The second-order valence-corrected chi connectivity index (χ2v) is 17.3. The van der Waals surface area contributed by atoms with Gasteiger partial charge in [0, 0.05) is 0 Å². The van der Waals surface area contributed by atoms with Crippen molar-refractivity contribution in [2.24, 2.45) is 0 Å². The number of hydrogen-bond acceptors (Lipinski definition) is 2. The van der Waals surface area contributed by atoms with E-state index in [9.17, 15) is 0 Å². The van der Waals surface area contributed by atoms with E-state index in [-0.39, 0.29) is 0 Å². The quantitative estimate of drug-likeness (QED) is 0.281. The molecule has 2 aromatic rings. The first-order valence-corrected chi connectivity index (χ1v) is 18.6. The van der Waals surface area contributed by atoms with Gasteiger partial charge in [-0.15, -0.1) is 0 Å². The molecule has 0 unspecified atom stereocenters. The molecule has 0 radical (unpaired) electrons. The molecule has 0 aliphatic heterocycles. The normalized spacial score (nSPS) is 15.9. The van der Waals surface area contributed by atoms with E-state index in [1.54, 1.807) is 0 Å². The van der Waals surface area contributed by atoms with E-state index in [1.807, 2.05) is 0 Å². The second-order valence-electron chi connectivity index (χ2n) is 10.6. The summed E-state index contributed by atoms with van der Waals surface area (Å²) in [6.07, 6.45) is 10.7. The minimum absolute atomic E-state index is 0.937. The topological polar surface area (TPSA) is 18.5 Å². The molecule has 0 bridgehead atoms. The van der Waals surface area contributed by atoms with E-state index >= 15 is 0 Å². The number of benzene rings is 2. The Morgan fingerprint density at radius 3 is 1.30 bits per heavy atom. The fraction of sp³-hybridized carbons (Fsp3) is 0.412. The molecule has 0 N–H and O–H groups in total. The van der Waals surface area contributed by atoms with Crippen molar-refractivity contribution in [1.29, 1.82) is 0 Å². The molecule has 0 fully saturated rings. The summed E-state index contributed by atoms with van der Waals surface area (Å²) in [6, 6.07) is 13.6. The molecule has 2 nitrogen and oxygen atoms in total. The Bertz CT molecular complexity index is 1200. The van der Waals surface area contributed by atoms with Gasteiger partial charge in [0.2, 0.25) is 0 Å². The van der Waals surface area contributed by atoms with Gasteiger partial charge in [0.25, 0.3) is 0 Å². The fourth-order valence-electron chi connectivity index (χ4n) is 5.45. The Morgan fingerprint density at radius 1 is 0.595 bits per heavy atom. The second kappa shape index (κ2) is 11.7. The van der Waals surface area contributed by atoms with Gasteiger partial charge in [-0.05, 0) is 0 Å². The van der Waals surface area contributed by atoms with Gasteiger partial charge in [-0.25, -0.2) is 0 Å². The van der Waals surface area contributed by atoms with Gasteiger partial charge in [-0.3, -0.25) is 0 Å². The zero-order valence-electron chi connectivity index (χ0n) is 24.2. The summed E-state index contributed by atoms with van der Waals surface area (Å²) in [5.41, 5.74) is 10.7. The fourth-order valence-corrected chi connectivity index (χ4v) is 15.1. The van der Waals surface area contributed by atoms with Gasteiger partial charge in [0.1, 0.15) is 0 Å². The summed E-state index contributed by atoms with van der Waals surface area (Å²) in [4.78, 5) is 0. The van der Waals surface area contributed by atoms with Crippen LogP contribution in [0.4, 0.5) is 0 Å². The average molecular weight is 576 g/mol. The first kappa shape index (κ1) is 27.9. The summed E-state index contributed by atoms with van der Waals surface area (Å²) in [5.74, 6) is 2.03. The van der Waals surface area contributed by atoms with E-state index in [4.69, 9.17) is 5.63 Å². The summed E-state index contributed by atoms with van der Waals surface area (Å²) in [7, 11) is 0. The summed E-state index contributed by atoms with van der Waals surface area (Å²) in [6.45, 7) is 18.0. The summed E-state index contributed by atoms with van der Waals surface area (Å²) >= 11 is -4.27. The van der Waals surface area contributed by atoms with Crippen LogP contribution in [-0.2, 0) is 46.8 Å². The van der Waals surface area contributed by atoms with Crippen molar-refractivity contribution in [3.05, 3.63) is 99.7 Å². The third-order valence-electron chi connectivity index (χ3n) is 8.37. The van der Waals surface area contributed by atoms with Crippen LogP contribution in [0.5, 0.6) is 11.5 Å². The third kappa shape index (κ3) is 5.40. The van der Waals surface area contributed by atoms with E-state index in [2.05, 4.69) is 104 Å². The molecule has 0 aromatic heterocycles. The Labute approximate surface area is 230 Å². The number of hydrogen-bond donors (Lipinski definition) is 0. The molecule has 0 heterocycles. The van der Waals surface area contributed by atoms with Gasteiger partial charge in [-0.2, -0.15) is 0 Å². The first-order chi connectivity index (χ1) is 17.8. The van der Waals surface area contributed by atoms with E-state index < -0.39 is 21.1 Å². The van der Waals surface area contributed by atoms with Gasteiger partial charge in [0.15, 0.2) is 0 Å². The molecular formula is C34H44O2Zr. The average Bonchev–Trinajstić information content (AvgIpc) is 3.43. The van der Waals surface area contributed by atoms with E-state index in [0.717, 1.165) is 50.0 Å². The van der Waals surface area contributed by atoms with Crippen LogP contribution in [0, 0.1) is 0 Å². The molecule has 0 atom stereocenters. The van der Waals surface area contributed by atoms with Gasteiger partial charge >= 0.3 is 232 Å². The third-order valence-corrected chi connectivity index (χ3v) is 17.2. The van der Waals surface area contributed by atoms with Crippen LogP contribution < -0.4 is 5.63 Å². The molecule has 2 aromatic carbocycles. The van der Waals surface area contributed by atoms with Crippen LogP contribution >= 0.6 is 0 Å². The zero-order chi connectivity index (χ0) is 26.7. The van der Waals surface area contributed by atoms with Crippen LogP contribution in [-0.4, -0.2) is 0 Å². The monoisotopic (exact) mass is 574 g/mol. The maximum absolute atomic E-state index is 7.53. The van der Waals surface area contributed by atoms with Crippen molar-refractivity contribution < 1.29 is 26.8 Å². The van der Waals surface area contributed by atoms with Crippen LogP contribution in [0.2, 0.25) is 0 Å². The SMILES string of the molecule is CCc1ccc(CC)c([O][Zr]([O]c2cc(CC)ccc2CC)([C]2=CCC(C)=C2C)[C]2=CCC(C)=C2C)c1. The molecule has 4 rings (SSSR count). The van der Waals surface area contributed by atoms with Gasteiger partial charge in [-0.1, -0.05) is 0 Å². The number of rotatable bonds is 10. The molecule has 0 saturated carbocycles. The Morgan fingerprint density at radius 2 is 1.00 bits per heavy atom.